The number of benzene rings is 2. The molecule has 6 nitrogen and oxygen atoms in total. The summed E-state index contributed by atoms with van der Waals surface area (Å²) in [7, 11) is 3.70. The Kier molecular flexibility index (Phi) is 8.65. The van der Waals surface area contributed by atoms with Crippen LogP contribution in [-0.2, 0) is 17.9 Å². The summed E-state index contributed by atoms with van der Waals surface area (Å²) in [6, 6.07) is 13.4. The molecule has 0 unspecified atom stereocenters. The fourth-order valence-corrected chi connectivity index (χ4v) is 4.01. The zero-order chi connectivity index (χ0) is 23.1. The first-order chi connectivity index (χ1) is 15.4. The molecule has 1 heterocycles. The van der Waals surface area contributed by atoms with Crippen molar-refractivity contribution in [3.05, 3.63) is 58.6 Å². The molecule has 0 bridgehead atoms. The maximum atomic E-state index is 13.1. The van der Waals surface area contributed by atoms with Gasteiger partial charge in [0.15, 0.2) is 0 Å². The van der Waals surface area contributed by atoms with Gasteiger partial charge in [-0.15, -0.1) is 0 Å². The van der Waals surface area contributed by atoms with Crippen molar-refractivity contribution in [1.29, 1.82) is 0 Å². The average Bonchev–Trinajstić information content (AvgIpc) is 2.78. The molecule has 0 spiro atoms. The number of ether oxygens (including phenoxy) is 3. The van der Waals surface area contributed by atoms with Gasteiger partial charge >= 0.3 is 6.09 Å². The lowest BCUT2D eigenvalue weighted by Crippen LogP contribution is -2.46. The number of piperidine rings is 1. The van der Waals surface area contributed by atoms with Gasteiger partial charge in [0.25, 0.3) is 0 Å². The van der Waals surface area contributed by atoms with Gasteiger partial charge in [0.2, 0.25) is 0 Å². The smallest absolute Gasteiger partial charge is 0.410 e. The summed E-state index contributed by atoms with van der Waals surface area (Å²) in [6.45, 7) is 6.55. The van der Waals surface area contributed by atoms with E-state index in [9.17, 15) is 4.79 Å². The van der Waals surface area contributed by atoms with Crippen LogP contribution in [0.3, 0.4) is 0 Å². The summed E-state index contributed by atoms with van der Waals surface area (Å²) in [6.07, 6.45) is 1.64. The van der Waals surface area contributed by atoms with Gasteiger partial charge in [-0.2, -0.15) is 0 Å². The van der Waals surface area contributed by atoms with Crippen molar-refractivity contribution >= 4 is 17.7 Å². The van der Waals surface area contributed by atoms with E-state index in [4.69, 9.17) is 25.8 Å². The molecule has 3 rings (SSSR count). The van der Waals surface area contributed by atoms with Gasteiger partial charge < -0.3 is 24.0 Å². The maximum absolute atomic E-state index is 13.1. The Morgan fingerprint density at radius 2 is 1.78 bits per heavy atom. The Morgan fingerprint density at radius 3 is 2.41 bits per heavy atom. The lowest BCUT2D eigenvalue weighted by molar-refractivity contribution is 0.0603. The van der Waals surface area contributed by atoms with E-state index in [1.165, 1.54) is 0 Å². The summed E-state index contributed by atoms with van der Waals surface area (Å²) in [5.41, 5.74) is 1.88. The topological polar surface area (TPSA) is 51.2 Å². The number of carbonyl (C=O) groups excluding carboxylic acids is 1. The van der Waals surface area contributed by atoms with Crippen LogP contribution in [0.1, 0.15) is 37.8 Å². The van der Waals surface area contributed by atoms with E-state index in [2.05, 4.69) is 11.9 Å². The first-order valence-electron chi connectivity index (χ1n) is 11.1. The van der Waals surface area contributed by atoms with E-state index in [1.807, 2.05) is 55.1 Å². The Hall–Kier alpha value is -2.44. The van der Waals surface area contributed by atoms with E-state index >= 15 is 0 Å². The SMILES string of the molecule is COc1cc(CN(C(=O)OCc2ccc(OC(C)C)cc2)C2CCN(C)CC2)ccc1Cl. The minimum atomic E-state index is -0.309. The number of hydrogen-bond acceptors (Lipinski definition) is 5. The highest BCUT2D eigenvalue weighted by Crippen LogP contribution is 2.27. The zero-order valence-corrected chi connectivity index (χ0v) is 20.1. The molecule has 7 heteroatoms. The van der Waals surface area contributed by atoms with Crippen molar-refractivity contribution in [1.82, 2.24) is 9.80 Å². The highest BCUT2D eigenvalue weighted by atomic mass is 35.5. The monoisotopic (exact) mass is 460 g/mol. The molecule has 0 aromatic heterocycles. The molecule has 1 fully saturated rings. The summed E-state index contributed by atoms with van der Waals surface area (Å²) >= 11 is 6.17. The largest absolute Gasteiger partial charge is 0.495 e. The predicted octanol–water partition coefficient (Wildman–Crippen LogP) is 5.37. The predicted molar refractivity (Wildman–Crippen MR) is 126 cm³/mol. The molecule has 32 heavy (non-hydrogen) atoms. The van der Waals surface area contributed by atoms with Crippen molar-refractivity contribution in [2.45, 2.75) is 52.0 Å². The first-order valence-corrected chi connectivity index (χ1v) is 11.4. The summed E-state index contributed by atoms with van der Waals surface area (Å²) < 4.78 is 16.7. The van der Waals surface area contributed by atoms with Crippen molar-refractivity contribution in [2.24, 2.45) is 0 Å². The third-order valence-corrected chi connectivity index (χ3v) is 5.90. The van der Waals surface area contributed by atoms with Crippen LogP contribution in [0.2, 0.25) is 5.02 Å². The van der Waals surface area contributed by atoms with Crippen LogP contribution in [0.25, 0.3) is 0 Å². The second-order valence-electron chi connectivity index (χ2n) is 8.50. The molecule has 0 radical (unpaired) electrons. The molecule has 1 aliphatic heterocycles. The Labute approximate surface area is 196 Å². The fraction of sp³-hybridized carbons (Fsp3) is 0.480. The van der Waals surface area contributed by atoms with Crippen LogP contribution in [-0.4, -0.2) is 55.3 Å². The second-order valence-corrected chi connectivity index (χ2v) is 8.90. The number of carbonyl (C=O) groups is 1. The van der Waals surface area contributed by atoms with Gasteiger partial charge in [0.05, 0.1) is 18.2 Å². The number of methoxy groups -OCH3 is 1. The van der Waals surface area contributed by atoms with Crippen molar-refractivity contribution in [3.8, 4) is 11.5 Å². The third kappa shape index (κ3) is 6.78. The fourth-order valence-electron chi connectivity index (χ4n) is 3.81. The van der Waals surface area contributed by atoms with Crippen molar-refractivity contribution in [3.63, 3.8) is 0 Å². The van der Waals surface area contributed by atoms with Crippen molar-refractivity contribution in [2.75, 3.05) is 27.2 Å². The number of amides is 1. The summed E-state index contributed by atoms with van der Waals surface area (Å²) in [5.74, 6) is 1.41. The van der Waals surface area contributed by atoms with Gasteiger partial charge in [-0.1, -0.05) is 29.8 Å². The van der Waals surface area contributed by atoms with Crippen LogP contribution >= 0.6 is 11.6 Å². The number of halogens is 1. The average molecular weight is 461 g/mol. The highest BCUT2D eigenvalue weighted by Gasteiger charge is 2.28. The molecule has 1 saturated heterocycles. The Morgan fingerprint density at radius 1 is 1.12 bits per heavy atom. The maximum Gasteiger partial charge on any atom is 0.410 e. The van der Waals surface area contributed by atoms with Crippen LogP contribution in [0.4, 0.5) is 4.79 Å². The number of hydrogen-bond donors (Lipinski definition) is 0. The standard InChI is InChI=1S/C25H33ClN2O4/c1-18(2)32-22-8-5-19(6-9-22)17-31-25(29)28(21-11-13-27(3)14-12-21)16-20-7-10-23(26)24(15-20)30-4/h5-10,15,18,21H,11-14,16-17H2,1-4H3. The van der Waals surface area contributed by atoms with Gasteiger partial charge in [0.1, 0.15) is 18.1 Å². The van der Waals surface area contributed by atoms with E-state index in [0.717, 1.165) is 42.8 Å². The van der Waals surface area contributed by atoms with Crippen LogP contribution < -0.4 is 9.47 Å². The van der Waals surface area contributed by atoms with Gasteiger partial charge in [-0.25, -0.2) is 4.79 Å². The lowest BCUT2D eigenvalue weighted by atomic mass is 10.0. The highest BCUT2D eigenvalue weighted by molar-refractivity contribution is 6.32. The molecule has 174 valence electrons. The van der Waals surface area contributed by atoms with Crippen LogP contribution in [0.5, 0.6) is 11.5 Å². The first kappa shape index (κ1) is 24.2. The summed E-state index contributed by atoms with van der Waals surface area (Å²) in [5, 5.41) is 0.551. The van der Waals surface area contributed by atoms with E-state index in [0.29, 0.717) is 17.3 Å². The molecule has 2 aromatic rings. The van der Waals surface area contributed by atoms with E-state index < -0.39 is 0 Å². The lowest BCUT2D eigenvalue weighted by Gasteiger charge is -2.36. The van der Waals surface area contributed by atoms with Crippen LogP contribution in [0, 0.1) is 0 Å². The molecule has 0 atom stereocenters. The van der Waals surface area contributed by atoms with E-state index in [1.54, 1.807) is 13.2 Å². The number of rotatable bonds is 8. The normalized spacial score (nSPS) is 14.9. The van der Waals surface area contributed by atoms with E-state index in [-0.39, 0.29) is 24.8 Å². The minimum Gasteiger partial charge on any atom is -0.495 e. The zero-order valence-electron chi connectivity index (χ0n) is 19.3. The molecule has 2 aromatic carbocycles. The number of likely N-dealkylation sites (tertiary alicyclic amines) is 1. The van der Waals surface area contributed by atoms with Gasteiger partial charge in [0, 0.05) is 12.6 Å². The number of nitrogens with zero attached hydrogens (tertiary/aromatic N) is 2. The molecule has 1 aliphatic rings. The van der Waals surface area contributed by atoms with Crippen molar-refractivity contribution < 1.29 is 19.0 Å². The molecule has 1 amide bonds. The molecule has 0 aliphatic carbocycles. The van der Waals surface area contributed by atoms with Gasteiger partial charge in [-0.3, -0.25) is 0 Å². The molecule has 0 N–H and O–H groups in total. The molecular weight excluding hydrogens is 428 g/mol. The van der Waals surface area contributed by atoms with Crippen LogP contribution in [0.15, 0.2) is 42.5 Å². The van der Waals surface area contributed by atoms with Gasteiger partial charge in [-0.05, 0) is 82.2 Å². The quantitative estimate of drug-likeness (QED) is 0.530. The third-order valence-electron chi connectivity index (χ3n) is 5.59. The second kappa shape index (κ2) is 11.4. The minimum absolute atomic E-state index is 0.119. The summed E-state index contributed by atoms with van der Waals surface area (Å²) in [4.78, 5) is 17.3. The molecular formula is C25H33ClN2O4. The molecule has 0 saturated carbocycles. The Bertz CT molecular complexity index is 880. The Balaban J connectivity index is 1.68.